The molecule has 4 rings (SSSR count). The number of carbonyl (C=O) groups excluding carboxylic acids is 2. The number of hydrogen-bond acceptors (Lipinski definition) is 4. The first-order chi connectivity index (χ1) is 19.1. The number of rotatable bonds is 10. The fourth-order valence-electron chi connectivity index (χ4n) is 4.79. The van der Waals surface area contributed by atoms with Crippen LogP contribution in [0.4, 0.5) is 10.1 Å². The van der Waals surface area contributed by atoms with Crippen molar-refractivity contribution in [1.29, 1.82) is 0 Å². The summed E-state index contributed by atoms with van der Waals surface area (Å²) in [7, 11) is -4.15. The summed E-state index contributed by atoms with van der Waals surface area (Å²) >= 11 is 6.05. The molecule has 1 atom stereocenters. The summed E-state index contributed by atoms with van der Waals surface area (Å²) in [5, 5.41) is 3.47. The molecule has 1 aliphatic rings. The number of hydrogen-bond donors (Lipinski definition) is 1. The van der Waals surface area contributed by atoms with E-state index in [0.29, 0.717) is 10.6 Å². The van der Waals surface area contributed by atoms with Gasteiger partial charge in [-0.15, -0.1) is 0 Å². The molecule has 0 spiro atoms. The molecule has 0 aliphatic heterocycles. The number of carbonyl (C=O) groups is 2. The largest absolute Gasteiger partial charge is 0.352 e. The van der Waals surface area contributed by atoms with Gasteiger partial charge >= 0.3 is 0 Å². The molecule has 0 saturated heterocycles. The van der Waals surface area contributed by atoms with Crippen molar-refractivity contribution in [3.8, 4) is 0 Å². The highest BCUT2D eigenvalue weighted by Gasteiger charge is 2.33. The zero-order valence-corrected chi connectivity index (χ0v) is 23.9. The number of amides is 2. The van der Waals surface area contributed by atoms with Gasteiger partial charge in [0.15, 0.2) is 0 Å². The molecule has 0 heterocycles. The van der Waals surface area contributed by atoms with Crippen molar-refractivity contribution in [2.45, 2.75) is 62.6 Å². The van der Waals surface area contributed by atoms with Gasteiger partial charge in [-0.2, -0.15) is 0 Å². The van der Waals surface area contributed by atoms with Crippen LogP contribution in [0.3, 0.4) is 0 Å². The van der Waals surface area contributed by atoms with Crippen LogP contribution in [0.1, 0.15) is 44.6 Å². The number of benzene rings is 3. The van der Waals surface area contributed by atoms with Crippen LogP contribution in [0, 0.1) is 5.82 Å². The molecule has 212 valence electrons. The molecule has 3 aromatic carbocycles. The highest BCUT2D eigenvalue weighted by atomic mass is 35.5. The van der Waals surface area contributed by atoms with E-state index in [1.165, 1.54) is 41.3 Å². The number of nitrogens with zero attached hydrogens (tertiary/aromatic N) is 2. The molecule has 1 fully saturated rings. The highest BCUT2D eigenvalue weighted by Crippen LogP contribution is 2.26. The third kappa shape index (κ3) is 7.40. The van der Waals surface area contributed by atoms with Gasteiger partial charge in [0, 0.05) is 17.6 Å². The van der Waals surface area contributed by atoms with Crippen LogP contribution in [-0.2, 0) is 26.2 Å². The Morgan fingerprint density at radius 2 is 1.57 bits per heavy atom. The Hall–Kier alpha value is -3.43. The van der Waals surface area contributed by atoms with Gasteiger partial charge in [0.2, 0.25) is 11.8 Å². The molecule has 1 unspecified atom stereocenters. The first-order valence-corrected chi connectivity index (χ1v) is 15.1. The quantitative estimate of drug-likeness (QED) is 0.338. The van der Waals surface area contributed by atoms with E-state index >= 15 is 0 Å². The van der Waals surface area contributed by atoms with E-state index in [1.807, 2.05) is 0 Å². The van der Waals surface area contributed by atoms with Gasteiger partial charge in [-0.1, -0.05) is 61.2 Å². The van der Waals surface area contributed by atoms with Gasteiger partial charge in [-0.25, -0.2) is 12.8 Å². The molecule has 0 aromatic heterocycles. The second kappa shape index (κ2) is 13.3. The molecular formula is C30H33ClFN3O4S. The molecule has 0 bridgehead atoms. The lowest BCUT2D eigenvalue weighted by Crippen LogP contribution is -2.53. The lowest BCUT2D eigenvalue weighted by atomic mass is 9.95. The topological polar surface area (TPSA) is 86.8 Å². The molecule has 2 amide bonds. The minimum atomic E-state index is -4.15. The SMILES string of the molecule is CC(C(=O)NC1CCCCC1)N(Cc1ccc(F)cc1)C(=O)CN(c1ccc(Cl)cc1)S(=O)(=O)c1ccccc1. The van der Waals surface area contributed by atoms with Crippen LogP contribution in [0.2, 0.25) is 5.02 Å². The Bertz CT molecular complexity index is 1400. The van der Waals surface area contributed by atoms with Gasteiger partial charge in [0.1, 0.15) is 18.4 Å². The summed E-state index contributed by atoms with van der Waals surface area (Å²) < 4.78 is 42.1. The Labute approximate surface area is 240 Å². The first kappa shape index (κ1) is 29.6. The molecule has 0 radical (unpaired) electrons. The number of nitrogens with one attached hydrogen (secondary N) is 1. The maximum absolute atomic E-state index is 13.9. The second-order valence-corrected chi connectivity index (χ2v) is 12.3. The number of halogens is 2. The zero-order valence-electron chi connectivity index (χ0n) is 22.3. The van der Waals surface area contributed by atoms with Crippen LogP contribution in [0.5, 0.6) is 0 Å². The number of anilines is 1. The minimum Gasteiger partial charge on any atom is -0.352 e. The first-order valence-electron chi connectivity index (χ1n) is 13.3. The molecular weight excluding hydrogens is 553 g/mol. The van der Waals surface area contributed by atoms with E-state index in [1.54, 1.807) is 49.4 Å². The van der Waals surface area contributed by atoms with Crippen LogP contribution < -0.4 is 9.62 Å². The van der Waals surface area contributed by atoms with Gasteiger partial charge in [0.05, 0.1) is 10.6 Å². The van der Waals surface area contributed by atoms with E-state index in [-0.39, 0.29) is 29.1 Å². The fourth-order valence-corrected chi connectivity index (χ4v) is 6.35. The molecule has 40 heavy (non-hydrogen) atoms. The van der Waals surface area contributed by atoms with Crippen LogP contribution in [0.15, 0.2) is 83.8 Å². The van der Waals surface area contributed by atoms with Crippen molar-refractivity contribution in [3.05, 3.63) is 95.3 Å². The Morgan fingerprint density at radius 1 is 0.950 bits per heavy atom. The standard InChI is InChI=1S/C30H33ClFN3O4S/c1-22(30(37)33-26-8-4-2-5-9-26)34(20-23-12-16-25(32)17-13-23)29(36)21-35(27-18-14-24(31)15-19-27)40(38,39)28-10-6-3-7-11-28/h3,6-7,10-19,22,26H,2,4-5,8-9,20-21H2,1H3,(H,33,37). The molecule has 10 heteroatoms. The Balaban J connectivity index is 1.65. The summed E-state index contributed by atoms with van der Waals surface area (Å²) in [5.74, 6) is -1.32. The van der Waals surface area contributed by atoms with Crippen LogP contribution in [-0.4, -0.2) is 43.8 Å². The Kier molecular flexibility index (Phi) is 9.81. The predicted octanol–water partition coefficient (Wildman–Crippen LogP) is 5.54. The fraction of sp³-hybridized carbons (Fsp3) is 0.333. The van der Waals surface area contributed by atoms with Crippen LogP contribution in [0.25, 0.3) is 0 Å². The maximum Gasteiger partial charge on any atom is 0.264 e. The smallest absolute Gasteiger partial charge is 0.264 e. The van der Waals surface area contributed by atoms with Crippen molar-refractivity contribution >= 4 is 39.1 Å². The Morgan fingerprint density at radius 3 is 2.20 bits per heavy atom. The molecule has 1 saturated carbocycles. The second-order valence-electron chi connectivity index (χ2n) is 9.97. The van der Waals surface area contributed by atoms with E-state index in [9.17, 15) is 22.4 Å². The summed E-state index contributed by atoms with van der Waals surface area (Å²) in [5.41, 5.74) is 0.860. The predicted molar refractivity (Wildman–Crippen MR) is 154 cm³/mol. The van der Waals surface area contributed by atoms with Gasteiger partial charge in [-0.3, -0.25) is 13.9 Å². The minimum absolute atomic E-state index is 0.00178. The van der Waals surface area contributed by atoms with Crippen LogP contribution >= 0.6 is 11.6 Å². The average Bonchev–Trinajstić information content (AvgIpc) is 2.96. The van der Waals surface area contributed by atoms with E-state index in [0.717, 1.165) is 36.4 Å². The summed E-state index contributed by atoms with van der Waals surface area (Å²) in [4.78, 5) is 28.6. The summed E-state index contributed by atoms with van der Waals surface area (Å²) in [6.07, 6.45) is 4.96. The van der Waals surface area contributed by atoms with Crippen molar-refractivity contribution < 1.29 is 22.4 Å². The monoisotopic (exact) mass is 585 g/mol. The maximum atomic E-state index is 13.9. The lowest BCUT2D eigenvalue weighted by Gasteiger charge is -2.33. The molecule has 1 aliphatic carbocycles. The molecule has 7 nitrogen and oxygen atoms in total. The third-order valence-electron chi connectivity index (χ3n) is 7.11. The van der Waals surface area contributed by atoms with E-state index < -0.39 is 34.3 Å². The van der Waals surface area contributed by atoms with Crippen molar-refractivity contribution in [2.75, 3.05) is 10.8 Å². The van der Waals surface area contributed by atoms with Crippen molar-refractivity contribution in [1.82, 2.24) is 10.2 Å². The van der Waals surface area contributed by atoms with Crippen molar-refractivity contribution in [2.24, 2.45) is 0 Å². The summed E-state index contributed by atoms with van der Waals surface area (Å²) in [6, 6.07) is 18.8. The van der Waals surface area contributed by atoms with Gasteiger partial charge in [-0.05, 0) is 73.9 Å². The molecule has 3 aromatic rings. The normalized spacial score (nSPS) is 14.8. The van der Waals surface area contributed by atoms with Gasteiger partial charge in [0.25, 0.3) is 10.0 Å². The number of sulfonamides is 1. The lowest BCUT2D eigenvalue weighted by molar-refractivity contribution is -0.139. The molecule has 1 N–H and O–H groups in total. The van der Waals surface area contributed by atoms with E-state index in [4.69, 9.17) is 11.6 Å². The van der Waals surface area contributed by atoms with Gasteiger partial charge < -0.3 is 10.2 Å². The zero-order chi connectivity index (χ0) is 28.7. The highest BCUT2D eigenvalue weighted by molar-refractivity contribution is 7.92. The van der Waals surface area contributed by atoms with Crippen molar-refractivity contribution in [3.63, 3.8) is 0 Å². The van der Waals surface area contributed by atoms with E-state index in [2.05, 4.69) is 5.32 Å². The summed E-state index contributed by atoms with van der Waals surface area (Å²) in [6.45, 7) is 1.07. The third-order valence-corrected chi connectivity index (χ3v) is 9.15. The average molecular weight is 586 g/mol.